The Morgan fingerprint density at radius 1 is 0.636 bits per heavy atom. The highest BCUT2D eigenvalue weighted by Gasteiger charge is 2.40. The number of imidazole rings is 1. The number of nitrogens with two attached hydrogens (primary N) is 10. The van der Waals surface area contributed by atoms with E-state index in [9.17, 15) is 53.1 Å². The summed E-state index contributed by atoms with van der Waals surface area (Å²) in [7, 11) is 0. The second-order valence-corrected chi connectivity index (χ2v) is 21.3. The second kappa shape index (κ2) is 44.1. The van der Waals surface area contributed by atoms with Crippen LogP contribution in [0.3, 0.4) is 0 Å². The van der Waals surface area contributed by atoms with E-state index >= 15 is 0 Å². The lowest BCUT2D eigenvalue weighted by Crippen LogP contribution is -2.61. The molecule has 1 saturated heterocycles. The van der Waals surface area contributed by atoms with Gasteiger partial charge in [-0.15, -0.1) is 0 Å². The minimum absolute atomic E-state index is 0.0204. The molecule has 1 aromatic heterocycles. The van der Waals surface area contributed by atoms with Crippen LogP contribution in [0.5, 0.6) is 0 Å². The molecule has 2 heterocycles. The number of guanidine groups is 1. The summed E-state index contributed by atoms with van der Waals surface area (Å²) in [6, 6.07) is -10.1. The van der Waals surface area contributed by atoms with Crippen molar-refractivity contribution in [1.82, 2.24) is 62.7 Å². The molecule has 34 nitrogen and oxygen atoms in total. The molecule has 0 radical (unpaired) electrons. The maximum atomic E-state index is 14.5. The highest BCUT2D eigenvalue weighted by atomic mass is 16.3. The zero-order valence-electron chi connectivity index (χ0n) is 50.6. The van der Waals surface area contributed by atoms with Gasteiger partial charge in [-0.25, -0.2) is 4.98 Å². The number of aromatic amines is 1. The molecule has 34 heteroatoms. The number of aliphatic imine (C=N–C) groups is 1. The van der Waals surface area contributed by atoms with Crippen LogP contribution >= 0.6 is 0 Å². The SMILES string of the molecule is NCCCCNC(=O)[C@H](CCCCN)NC(=O)/C(=C/CCN=C(N)N)NC(=O)[C@H](CCCCN)NC(=O)C(Cc1cnc[nH]1)NC(=O)[C@@H]1CCCN1C(=O)[C@@H](CCCN)NC(=O)CNC(=O)C(CCN)NC(=O)[C@@H](NC(=O)C(N)CCCCN)[C@@H](O)CN. The number of hydrogen-bond acceptors (Lipinski definition) is 21. The lowest BCUT2D eigenvalue weighted by molar-refractivity contribution is -0.142. The fourth-order valence-electron chi connectivity index (χ4n) is 9.24. The van der Waals surface area contributed by atoms with Crippen molar-refractivity contribution >= 4 is 65.0 Å². The largest absolute Gasteiger partial charge is 0.389 e. The topological polar surface area (TPSA) is 604 Å². The number of nitrogens with zero attached hydrogens (tertiary/aromatic N) is 3. The predicted molar refractivity (Wildman–Crippen MR) is 328 cm³/mol. The summed E-state index contributed by atoms with van der Waals surface area (Å²) in [4.78, 5) is 151. The van der Waals surface area contributed by atoms with Crippen LogP contribution in [0.1, 0.15) is 115 Å². The highest BCUT2D eigenvalue weighted by Crippen LogP contribution is 2.21. The number of carbonyl (C=O) groups is 10. The maximum absolute atomic E-state index is 14.5. The summed E-state index contributed by atoms with van der Waals surface area (Å²) in [6.07, 6.45) is 7.92. The molecule has 0 bridgehead atoms. The van der Waals surface area contributed by atoms with E-state index in [1.54, 1.807) is 0 Å². The third kappa shape index (κ3) is 29.0. The molecule has 0 aromatic carbocycles. The zero-order valence-corrected chi connectivity index (χ0v) is 50.6. The fourth-order valence-corrected chi connectivity index (χ4v) is 9.24. The monoisotopic (exact) mass is 1250 g/mol. The Morgan fingerprint density at radius 3 is 1.83 bits per heavy atom. The molecular formula is C54H101N23O11. The Balaban J connectivity index is 2.36. The molecule has 1 aromatic rings. The van der Waals surface area contributed by atoms with E-state index in [0.29, 0.717) is 89.7 Å². The van der Waals surface area contributed by atoms with Crippen LogP contribution < -0.4 is 105 Å². The number of carbonyl (C=O) groups excluding carboxylic acids is 10. The molecule has 0 saturated carbocycles. The average molecular weight is 1250 g/mol. The van der Waals surface area contributed by atoms with Crippen molar-refractivity contribution in [3.8, 4) is 0 Å². The fraction of sp³-hybridized carbons (Fsp3) is 0.704. The van der Waals surface area contributed by atoms with Gasteiger partial charge in [-0.05, 0) is 142 Å². The van der Waals surface area contributed by atoms with Crippen LogP contribution in [-0.4, -0.2) is 211 Å². The van der Waals surface area contributed by atoms with E-state index in [4.69, 9.17) is 57.3 Å². The number of aliphatic hydroxyl groups excluding tert-OH is 1. The van der Waals surface area contributed by atoms with E-state index in [1.165, 1.54) is 23.5 Å². The number of aromatic nitrogens is 2. The molecule has 88 heavy (non-hydrogen) atoms. The van der Waals surface area contributed by atoms with Crippen LogP contribution in [-0.2, 0) is 54.4 Å². The van der Waals surface area contributed by atoms with Crippen molar-refractivity contribution in [3.05, 3.63) is 30.0 Å². The van der Waals surface area contributed by atoms with Gasteiger partial charge in [0.2, 0.25) is 53.2 Å². The number of unbranched alkanes of at least 4 members (excludes halogenated alkanes) is 4. The standard InChI is InChI=1S/C54H101N23O11/c55-19-4-1-12-34(62)45(80)76-44(42(78)29-61)52(87)74-38(18-24-60)47(82)68-31-43(79)70-39(15-9-23-59)53(88)77-27-11-17-41(77)51(86)75-40(28-33-30-65-32-69-33)50(85)73-36(14-3-6-21-57)48(83)72-37(16-10-26-67-54(63)64)49(84)71-35(13-2-5-20-56)46(81)66-25-8-7-22-58/h16,30,32,34-36,38-42,44,78H,1-15,17-29,31,55-62H2,(H,65,69)(H,66,81)(H,68,82)(H,70,79)(H,71,84)(H,72,83)(H,73,85)(H,74,87)(H,75,86)(H,76,80)(H4,63,64,67)/b37-16-/t34?,35-,36-,38?,39+,40?,41-,42-,44-/m0/s1. The molecule has 0 aliphatic carbocycles. The number of nitrogens with one attached hydrogen (secondary N) is 10. The van der Waals surface area contributed by atoms with E-state index in [0.717, 1.165) is 0 Å². The van der Waals surface area contributed by atoms with E-state index in [-0.39, 0.29) is 102 Å². The first-order valence-corrected chi connectivity index (χ1v) is 30.3. The van der Waals surface area contributed by atoms with Crippen LogP contribution in [0.15, 0.2) is 29.3 Å². The first-order chi connectivity index (χ1) is 42.2. The first-order valence-electron chi connectivity index (χ1n) is 30.3. The van der Waals surface area contributed by atoms with Crippen LogP contribution in [0, 0.1) is 0 Å². The lowest BCUT2D eigenvalue weighted by Gasteiger charge is -2.30. The van der Waals surface area contributed by atoms with Gasteiger partial charge in [-0.1, -0.05) is 12.5 Å². The quantitative estimate of drug-likeness (QED) is 0.0125. The van der Waals surface area contributed by atoms with Crippen molar-refractivity contribution < 1.29 is 53.1 Å². The number of aliphatic hydroxyl groups is 1. The zero-order chi connectivity index (χ0) is 65.4. The van der Waals surface area contributed by atoms with Gasteiger partial charge in [0.15, 0.2) is 5.96 Å². The highest BCUT2D eigenvalue weighted by molar-refractivity contribution is 6.02. The van der Waals surface area contributed by atoms with Gasteiger partial charge in [-0.3, -0.25) is 52.9 Å². The molecule has 0 spiro atoms. The third-order valence-corrected chi connectivity index (χ3v) is 14.2. The van der Waals surface area contributed by atoms with E-state index in [1.807, 2.05) is 0 Å². The van der Waals surface area contributed by atoms with Crippen LogP contribution in [0.2, 0.25) is 0 Å². The Hall–Kier alpha value is -7.44. The first kappa shape index (κ1) is 76.7. The van der Waals surface area contributed by atoms with Crippen LogP contribution in [0.25, 0.3) is 0 Å². The summed E-state index contributed by atoms with van der Waals surface area (Å²) in [5.74, 6) is -7.95. The number of likely N-dealkylation sites (tertiary alicyclic amines) is 1. The number of amides is 10. The average Bonchev–Trinajstić information content (AvgIpc) is 3.66. The summed E-state index contributed by atoms with van der Waals surface area (Å²) >= 11 is 0. The number of H-pyrrole nitrogens is 1. The molecule has 9 atom stereocenters. The summed E-state index contributed by atoms with van der Waals surface area (Å²) in [6.45, 7) is 0.709. The molecule has 1 aliphatic heterocycles. The molecule has 3 unspecified atom stereocenters. The second-order valence-electron chi connectivity index (χ2n) is 21.3. The number of rotatable bonds is 46. The Labute approximate surface area is 513 Å². The van der Waals surface area contributed by atoms with Crippen molar-refractivity contribution in [2.45, 2.75) is 170 Å². The van der Waals surface area contributed by atoms with E-state index in [2.05, 4.69) is 62.8 Å². The molecule has 2 rings (SSSR count). The molecule has 1 aliphatic rings. The van der Waals surface area contributed by atoms with Crippen molar-refractivity contribution in [2.75, 3.05) is 72.0 Å². The van der Waals surface area contributed by atoms with E-state index < -0.39 is 127 Å². The minimum Gasteiger partial charge on any atom is -0.389 e. The summed E-state index contributed by atoms with van der Waals surface area (Å²) in [5, 5.41) is 34.0. The van der Waals surface area contributed by atoms with Crippen LogP contribution in [0.4, 0.5) is 0 Å². The maximum Gasteiger partial charge on any atom is 0.268 e. The Kier molecular flexibility index (Phi) is 38.4. The van der Waals surface area contributed by atoms with Crippen molar-refractivity contribution in [3.63, 3.8) is 0 Å². The summed E-state index contributed by atoms with van der Waals surface area (Å²) in [5.41, 5.74) is 57.1. The van der Waals surface area contributed by atoms with Crippen molar-refractivity contribution in [2.24, 2.45) is 62.3 Å². The van der Waals surface area contributed by atoms with Gasteiger partial charge in [0.25, 0.3) is 5.91 Å². The summed E-state index contributed by atoms with van der Waals surface area (Å²) < 4.78 is 0. The van der Waals surface area contributed by atoms with Gasteiger partial charge in [0.05, 0.1) is 25.0 Å². The Bertz CT molecular complexity index is 2380. The molecule has 31 N–H and O–H groups in total. The number of hydrogen-bond donors (Lipinski definition) is 21. The van der Waals surface area contributed by atoms with Gasteiger partial charge in [0.1, 0.15) is 48.0 Å². The molecule has 498 valence electrons. The smallest absolute Gasteiger partial charge is 0.268 e. The van der Waals surface area contributed by atoms with Gasteiger partial charge >= 0.3 is 0 Å². The minimum atomic E-state index is -1.61. The molecule has 1 fully saturated rings. The predicted octanol–water partition coefficient (Wildman–Crippen LogP) is -8.39. The van der Waals surface area contributed by atoms with Crippen molar-refractivity contribution in [1.29, 1.82) is 0 Å². The van der Waals surface area contributed by atoms with Gasteiger partial charge in [-0.2, -0.15) is 0 Å². The molecular weight excluding hydrogens is 1150 g/mol. The Morgan fingerprint density at radius 2 is 1.23 bits per heavy atom. The van der Waals surface area contributed by atoms with Gasteiger partial charge in [0, 0.05) is 44.5 Å². The lowest BCUT2D eigenvalue weighted by atomic mass is 10.0. The normalized spacial score (nSPS) is 15.8. The third-order valence-electron chi connectivity index (χ3n) is 14.2. The van der Waals surface area contributed by atoms with Gasteiger partial charge < -0.3 is 120 Å². The molecule has 10 amide bonds.